The van der Waals surface area contributed by atoms with E-state index in [0.29, 0.717) is 6.42 Å². The molecule has 0 fully saturated rings. The fourth-order valence-electron chi connectivity index (χ4n) is 1.48. The van der Waals surface area contributed by atoms with E-state index in [9.17, 15) is 15.3 Å². The van der Waals surface area contributed by atoms with Gasteiger partial charge in [-0.15, -0.1) is 0 Å². The smallest absolute Gasteiger partial charge is 0.119 e. The summed E-state index contributed by atoms with van der Waals surface area (Å²) >= 11 is 0. The van der Waals surface area contributed by atoms with Crippen molar-refractivity contribution < 1.29 is 15.3 Å². The molecule has 1 unspecified atom stereocenters. The highest BCUT2D eigenvalue weighted by molar-refractivity contribution is 5.36. The van der Waals surface area contributed by atoms with Crippen LogP contribution in [0.25, 0.3) is 0 Å². The maximum absolute atomic E-state index is 9.52. The fourth-order valence-corrected chi connectivity index (χ4v) is 1.48. The van der Waals surface area contributed by atoms with Crippen LogP contribution < -0.4 is 0 Å². The predicted octanol–water partition coefficient (Wildman–Crippen LogP) is 1.80. The summed E-state index contributed by atoms with van der Waals surface area (Å²) in [4.78, 5) is 0. The number of phenolic OH excluding ortho intramolecular Hbond substituents is 2. The van der Waals surface area contributed by atoms with E-state index in [2.05, 4.69) is 0 Å². The van der Waals surface area contributed by atoms with Gasteiger partial charge < -0.3 is 15.3 Å². The molecule has 3 heteroatoms. The number of phenols is 2. The van der Waals surface area contributed by atoms with Crippen molar-refractivity contribution in [2.24, 2.45) is 0 Å². The normalized spacial score (nSPS) is 12.7. The molecule has 0 spiro atoms. The molecule has 0 aliphatic carbocycles. The molecule has 0 saturated heterocycles. The van der Waals surface area contributed by atoms with Gasteiger partial charge in [0.1, 0.15) is 11.5 Å². The summed E-state index contributed by atoms with van der Waals surface area (Å²) in [5.74, 6) is 0.0624. The molecule has 78 valence electrons. The van der Waals surface area contributed by atoms with Crippen LogP contribution in [0.4, 0.5) is 0 Å². The Morgan fingerprint density at radius 1 is 1.14 bits per heavy atom. The summed E-state index contributed by atoms with van der Waals surface area (Å²) in [7, 11) is 0. The monoisotopic (exact) mass is 196 g/mol. The number of aromatic hydroxyl groups is 2. The molecule has 0 heterocycles. The molecule has 0 aliphatic rings. The first-order valence-corrected chi connectivity index (χ1v) is 4.81. The average molecular weight is 196 g/mol. The Morgan fingerprint density at radius 2 is 1.71 bits per heavy atom. The second-order valence-electron chi connectivity index (χ2n) is 3.50. The van der Waals surface area contributed by atoms with E-state index < -0.39 is 6.10 Å². The van der Waals surface area contributed by atoms with Gasteiger partial charge in [-0.05, 0) is 30.5 Å². The predicted molar refractivity (Wildman–Crippen MR) is 54.4 cm³/mol. The standard InChI is InChI=1S/C11H16O3/c1-2-3-9(12)4-8-5-10(13)7-11(14)6-8/h5-7,9,12-14H,2-4H2,1H3. The van der Waals surface area contributed by atoms with Gasteiger partial charge in [0.05, 0.1) is 6.10 Å². The molecular weight excluding hydrogens is 180 g/mol. The number of aliphatic hydroxyl groups excluding tert-OH is 1. The van der Waals surface area contributed by atoms with Gasteiger partial charge in [0, 0.05) is 6.07 Å². The van der Waals surface area contributed by atoms with Gasteiger partial charge in [0.15, 0.2) is 0 Å². The van der Waals surface area contributed by atoms with Gasteiger partial charge in [-0.1, -0.05) is 13.3 Å². The third kappa shape index (κ3) is 3.26. The van der Waals surface area contributed by atoms with Crippen molar-refractivity contribution in [3.63, 3.8) is 0 Å². The van der Waals surface area contributed by atoms with Crippen LogP contribution in [-0.2, 0) is 6.42 Å². The van der Waals surface area contributed by atoms with Crippen LogP contribution >= 0.6 is 0 Å². The first-order chi connectivity index (χ1) is 6.61. The molecule has 0 aromatic heterocycles. The minimum Gasteiger partial charge on any atom is -0.508 e. The highest BCUT2D eigenvalue weighted by Crippen LogP contribution is 2.21. The summed E-state index contributed by atoms with van der Waals surface area (Å²) in [5.41, 5.74) is 0.753. The van der Waals surface area contributed by atoms with Gasteiger partial charge in [0.25, 0.3) is 0 Å². The molecule has 1 aromatic rings. The van der Waals surface area contributed by atoms with Crippen LogP contribution in [0.15, 0.2) is 18.2 Å². The minimum absolute atomic E-state index is 0.0312. The van der Waals surface area contributed by atoms with Crippen molar-refractivity contribution in [1.82, 2.24) is 0 Å². The Labute approximate surface area is 83.6 Å². The SMILES string of the molecule is CCCC(O)Cc1cc(O)cc(O)c1. The van der Waals surface area contributed by atoms with Crippen molar-refractivity contribution in [3.8, 4) is 11.5 Å². The third-order valence-corrected chi connectivity index (χ3v) is 2.06. The van der Waals surface area contributed by atoms with E-state index in [1.807, 2.05) is 6.92 Å². The van der Waals surface area contributed by atoms with E-state index in [1.165, 1.54) is 6.07 Å². The van der Waals surface area contributed by atoms with Gasteiger partial charge in [-0.25, -0.2) is 0 Å². The van der Waals surface area contributed by atoms with Crippen LogP contribution in [0, 0.1) is 0 Å². The molecule has 1 aromatic carbocycles. The maximum Gasteiger partial charge on any atom is 0.119 e. The summed E-state index contributed by atoms with van der Waals surface area (Å²) in [6, 6.07) is 4.38. The second kappa shape index (κ2) is 4.86. The number of aliphatic hydroxyl groups is 1. The average Bonchev–Trinajstić information content (AvgIpc) is 2.01. The first-order valence-electron chi connectivity index (χ1n) is 4.81. The topological polar surface area (TPSA) is 60.7 Å². The molecule has 0 amide bonds. The highest BCUT2D eigenvalue weighted by Gasteiger charge is 2.06. The van der Waals surface area contributed by atoms with E-state index in [4.69, 9.17) is 0 Å². The lowest BCUT2D eigenvalue weighted by Gasteiger charge is -2.09. The molecular formula is C11H16O3. The Morgan fingerprint density at radius 3 is 2.21 bits per heavy atom. The van der Waals surface area contributed by atoms with Crippen LogP contribution in [0.5, 0.6) is 11.5 Å². The lowest BCUT2D eigenvalue weighted by atomic mass is 10.0. The third-order valence-electron chi connectivity index (χ3n) is 2.06. The minimum atomic E-state index is -0.402. The van der Waals surface area contributed by atoms with Gasteiger partial charge >= 0.3 is 0 Å². The lowest BCUT2D eigenvalue weighted by molar-refractivity contribution is 0.164. The fraction of sp³-hybridized carbons (Fsp3) is 0.455. The maximum atomic E-state index is 9.52. The van der Waals surface area contributed by atoms with E-state index in [-0.39, 0.29) is 11.5 Å². The van der Waals surface area contributed by atoms with Crippen molar-refractivity contribution in [1.29, 1.82) is 0 Å². The molecule has 14 heavy (non-hydrogen) atoms. The number of hydrogen-bond acceptors (Lipinski definition) is 3. The molecule has 0 radical (unpaired) electrons. The number of rotatable bonds is 4. The van der Waals surface area contributed by atoms with Crippen molar-refractivity contribution in [2.45, 2.75) is 32.3 Å². The van der Waals surface area contributed by atoms with Gasteiger partial charge in [-0.3, -0.25) is 0 Å². The van der Waals surface area contributed by atoms with Gasteiger partial charge in [-0.2, -0.15) is 0 Å². The summed E-state index contributed by atoms with van der Waals surface area (Å²) in [5, 5.41) is 27.9. The second-order valence-corrected chi connectivity index (χ2v) is 3.50. The van der Waals surface area contributed by atoms with Crippen LogP contribution in [-0.4, -0.2) is 21.4 Å². The Balaban J connectivity index is 2.66. The van der Waals surface area contributed by atoms with E-state index in [1.54, 1.807) is 12.1 Å². The first kappa shape index (κ1) is 10.9. The van der Waals surface area contributed by atoms with Crippen molar-refractivity contribution >= 4 is 0 Å². The molecule has 3 nitrogen and oxygen atoms in total. The molecule has 1 rings (SSSR count). The number of benzene rings is 1. The van der Waals surface area contributed by atoms with Crippen molar-refractivity contribution in [3.05, 3.63) is 23.8 Å². The highest BCUT2D eigenvalue weighted by atomic mass is 16.3. The van der Waals surface area contributed by atoms with Crippen molar-refractivity contribution in [2.75, 3.05) is 0 Å². The molecule has 3 N–H and O–H groups in total. The quantitative estimate of drug-likeness (QED) is 0.688. The molecule has 0 bridgehead atoms. The van der Waals surface area contributed by atoms with E-state index >= 15 is 0 Å². The summed E-state index contributed by atoms with van der Waals surface area (Å²) in [6.45, 7) is 2.00. The lowest BCUT2D eigenvalue weighted by Crippen LogP contribution is -2.09. The Hall–Kier alpha value is -1.22. The van der Waals surface area contributed by atoms with Crippen LogP contribution in [0.1, 0.15) is 25.3 Å². The van der Waals surface area contributed by atoms with Gasteiger partial charge in [0.2, 0.25) is 0 Å². The zero-order valence-corrected chi connectivity index (χ0v) is 8.27. The zero-order chi connectivity index (χ0) is 10.6. The molecule has 0 aliphatic heterocycles. The van der Waals surface area contributed by atoms with Crippen LogP contribution in [0.3, 0.4) is 0 Å². The molecule has 1 atom stereocenters. The largest absolute Gasteiger partial charge is 0.508 e. The summed E-state index contributed by atoms with van der Waals surface area (Å²) in [6.07, 6.45) is 1.72. The van der Waals surface area contributed by atoms with E-state index in [0.717, 1.165) is 18.4 Å². The Bertz CT molecular complexity index is 276. The number of hydrogen-bond donors (Lipinski definition) is 3. The Kier molecular flexibility index (Phi) is 3.77. The van der Waals surface area contributed by atoms with Crippen LogP contribution in [0.2, 0.25) is 0 Å². The summed E-state index contributed by atoms with van der Waals surface area (Å²) < 4.78 is 0. The molecule has 0 saturated carbocycles. The zero-order valence-electron chi connectivity index (χ0n) is 8.27.